The summed E-state index contributed by atoms with van der Waals surface area (Å²) in [6, 6.07) is 6.03. The number of rotatable bonds is 5. The zero-order valence-electron chi connectivity index (χ0n) is 13.3. The first kappa shape index (κ1) is 15.8. The van der Waals surface area contributed by atoms with E-state index in [1.807, 2.05) is 19.1 Å². The number of methoxy groups -OCH3 is 1. The molecule has 2 unspecified atom stereocenters. The van der Waals surface area contributed by atoms with Crippen molar-refractivity contribution < 1.29 is 14.3 Å². The molecule has 1 aliphatic rings. The minimum absolute atomic E-state index is 0.0775. The van der Waals surface area contributed by atoms with E-state index in [1.54, 1.807) is 0 Å². The van der Waals surface area contributed by atoms with E-state index in [1.165, 1.54) is 12.7 Å². The standard InChI is InChI=1S/C17H25NO3/c1-5-14(18)13(9-15(19)20-4)12-8-6-7-11-10-17(2,3)21-16(11)12/h6-8,13-14H,5,9-10,18H2,1-4H3. The minimum atomic E-state index is -0.237. The number of hydrogen-bond donors (Lipinski definition) is 1. The fourth-order valence-electron chi connectivity index (χ4n) is 2.97. The molecule has 0 amide bonds. The Kier molecular flexibility index (Phi) is 4.57. The summed E-state index contributed by atoms with van der Waals surface area (Å²) in [5.74, 6) is 0.588. The van der Waals surface area contributed by atoms with Gasteiger partial charge in [0.2, 0.25) is 0 Å². The van der Waals surface area contributed by atoms with Crippen LogP contribution in [-0.2, 0) is 16.0 Å². The van der Waals surface area contributed by atoms with Gasteiger partial charge in [0.25, 0.3) is 0 Å². The van der Waals surface area contributed by atoms with Crippen molar-refractivity contribution in [2.75, 3.05) is 7.11 Å². The van der Waals surface area contributed by atoms with Gasteiger partial charge in [0.15, 0.2) is 0 Å². The van der Waals surface area contributed by atoms with Crippen LogP contribution in [0.25, 0.3) is 0 Å². The van der Waals surface area contributed by atoms with Gasteiger partial charge in [0.1, 0.15) is 11.4 Å². The first-order chi connectivity index (χ1) is 9.88. The Bertz CT molecular complexity index is 525. The molecule has 0 bridgehead atoms. The molecule has 2 rings (SSSR count). The zero-order valence-corrected chi connectivity index (χ0v) is 13.3. The Balaban J connectivity index is 2.38. The molecule has 2 N–H and O–H groups in total. The van der Waals surface area contributed by atoms with E-state index in [9.17, 15) is 4.79 Å². The number of carbonyl (C=O) groups is 1. The molecule has 0 saturated heterocycles. The molecule has 2 atom stereocenters. The van der Waals surface area contributed by atoms with E-state index in [0.717, 1.165) is 24.2 Å². The third-order valence-corrected chi connectivity index (χ3v) is 4.12. The molecule has 1 aromatic carbocycles. The largest absolute Gasteiger partial charge is 0.487 e. The molecule has 1 heterocycles. The van der Waals surface area contributed by atoms with Crippen LogP contribution in [0.3, 0.4) is 0 Å². The second kappa shape index (κ2) is 6.06. The van der Waals surface area contributed by atoms with Crippen molar-refractivity contribution in [2.24, 2.45) is 5.73 Å². The SMILES string of the molecule is CCC(N)C(CC(=O)OC)c1cccc2c1OC(C)(C)C2. The van der Waals surface area contributed by atoms with Crippen molar-refractivity contribution in [3.63, 3.8) is 0 Å². The van der Waals surface area contributed by atoms with Gasteiger partial charge in [-0.3, -0.25) is 4.79 Å². The van der Waals surface area contributed by atoms with Crippen LogP contribution in [0, 0.1) is 0 Å². The predicted octanol–water partition coefficient (Wildman–Crippen LogP) is 2.78. The molecule has 0 aliphatic carbocycles. The van der Waals surface area contributed by atoms with Crippen LogP contribution in [-0.4, -0.2) is 24.7 Å². The second-order valence-electron chi connectivity index (χ2n) is 6.33. The van der Waals surface area contributed by atoms with Crippen molar-refractivity contribution in [3.05, 3.63) is 29.3 Å². The number of fused-ring (bicyclic) bond motifs is 1. The molecule has 0 radical (unpaired) electrons. The third kappa shape index (κ3) is 3.38. The molecule has 0 aromatic heterocycles. The van der Waals surface area contributed by atoms with E-state index < -0.39 is 0 Å². The number of hydrogen-bond acceptors (Lipinski definition) is 4. The van der Waals surface area contributed by atoms with Gasteiger partial charge in [-0.25, -0.2) is 0 Å². The average Bonchev–Trinajstić information content (AvgIpc) is 2.77. The highest BCUT2D eigenvalue weighted by molar-refractivity contribution is 5.71. The first-order valence-electron chi connectivity index (χ1n) is 7.51. The summed E-state index contributed by atoms with van der Waals surface area (Å²) in [7, 11) is 1.41. The normalized spacial score (nSPS) is 18.5. The van der Waals surface area contributed by atoms with Crippen molar-refractivity contribution in [1.29, 1.82) is 0 Å². The number of para-hydroxylation sites is 1. The summed E-state index contributed by atoms with van der Waals surface area (Å²) in [4.78, 5) is 11.7. The lowest BCUT2D eigenvalue weighted by molar-refractivity contribution is -0.141. The van der Waals surface area contributed by atoms with E-state index in [2.05, 4.69) is 19.9 Å². The quantitative estimate of drug-likeness (QED) is 0.847. The van der Waals surface area contributed by atoms with Crippen molar-refractivity contribution in [1.82, 2.24) is 0 Å². The highest BCUT2D eigenvalue weighted by Gasteiger charge is 2.35. The van der Waals surface area contributed by atoms with Gasteiger partial charge in [0.05, 0.1) is 13.5 Å². The van der Waals surface area contributed by atoms with Crippen LogP contribution in [0.1, 0.15) is 50.7 Å². The van der Waals surface area contributed by atoms with Gasteiger partial charge >= 0.3 is 5.97 Å². The summed E-state index contributed by atoms with van der Waals surface area (Å²) in [5, 5.41) is 0. The Morgan fingerprint density at radius 1 is 1.48 bits per heavy atom. The Morgan fingerprint density at radius 3 is 2.81 bits per heavy atom. The minimum Gasteiger partial charge on any atom is -0.487 e. The highest BCUT2D eigenvalue weighted by Crippen LogP contribution is 2.42. The fraction of sp³-hybridized carbons (Fsp3) is 0.588. The Labute approximate surface area is 126 Å². The predicted molar refractivity (Wildman–Crippen MR) is 82.5 cm³/mol. The maximum absolute atomic E-state index is 11.7. The first-order valence-corrected chi connectivity index (χ1v) is 7.51. The Morgan fingerprint density at radius 2 is 2.19 bits per heavy atom. The summed E-state index contributed by atoms with van der Waals surface area (Å²) >= 11 is 0. The smallest absolute Gasteiger partial charge is 0.306 e. The van der Waals surface area contributed by atoms with Crippen LogP contribution in [0.15, 0.2) is 18.2 Å². The van der Waals surface area contributed by atoms with Crippen molar-refractivity contribution in [2.45, 2.75) is 57.6 Å². The van der Waals surface area contributed by atoms with Crippen LogP contribution in [0.4, 0.5) is 0 Å². The van der Waals surface area contributed by atoms with Gasteiger partial charge < -0.3 is 15.2 Å². The van der Waals surface area contributed by atoms with Gasteiger partial charge in [0, 0.05) is 18.4 Å². The summed E-state index contributed by atoms with van der Waals surface area (Å²) in [6.45, 7) is 6.18. The molecule has 21 heavy (non-hydrogen) atoms. The molecule has 1 aliphatic heterocycles. The van der Waals surface area contributed by atoms with E-state index in [-0.39, 0.29) is 30.0 Å². The fourth-order valence-corrected chi connectivity index (χ4v) is 2.97. The highest BCUT2D eigenvalue weighted by atomic mass is 16.5. The maximum atomic E-state index is 11.7. The number of esters is 1. The molecule has 116 valence electrons. The van der Waals surface area contributed by atoms with Gasteiger partial charge in [-0.15, -0.1) is 0 Å². The molecule has 4 nitrogen and oxygen atoms in total. The molecule has 4 heteroatoms. The van der Waals surface area contributed by atoms with Crippen LogP contribution < -0.4 is 10.5 Å². The van der Waals surface area contributed by atoms with E-state index >= 15 is 0 Å². The number of benzene rings is 1. The Hall–Kier alpha value is -1.55. The molecule has 1 aromatic rings. The lowest BCUT2D eigenvalue weighted by Gasteiger charge is -2.25. The molecular weight excluding hydrogens is 266 g/mol. The van der Waals surface area contributed by atoms with Crippen LogP contribution in [0.2, 0.25) is 0 Å². The van der Waals surface area contributed by atoms with Gasteiger partial charge in [-0.05, 0) is 31.4 Å². The average molecular weight is 291 g/mol. The second-order valence-corrected chi connectivity index (χ2v) is 6.33. The van der Waals surface area contributed by atoms with Crippen LogP contribution in [0.5, 0.6) is 5.75 Å². The zero-order chi connectivity index (χ0) is 15.6. The lowest BCUT2D eigenvalue weighted by Crippen LogP contribution is -2.30. The monoisotopic (exact) mass is 291 g/mol. The number of ether oxygens (including phenoxy) is 2. The number of carbonyl (C=O) groups excluding carboxylic acids is 1. The summed E-state index contributed by atoms with van der Waals surface area (Å²) < 4.78 is 10.9. The maximum Gasteiger partial charge on any atom is 0.306 e. The molecule has 0 fully saturated rings. The lowest BCUT2D eigenvalue weighted by atomic mass is 9.86. The van der Waals surface area contributed by atoms with Crippen molar-refractivity contribution >= 4 is 5.97 Å². The molecule has 0 spiro atoms. The molecule has 0 saturated carbocycles. The van der Waals surface area contributed by atoms with Gasteiger partial charge in [-0.2, -0.15) is 0 Å². The van der Waals surface area contributed by atoms with Crippen molar-refractivity contribution in [3.8, 4) is 5.75 Å². The van der Waals surface area contributed by atoms with Crippen LogP contribution >= 0.6 is 0 Å². The van der Waals surface area contributed by atoms with E-state index in [0.29, 0.717) is 0 Å². The molecular formula is C17H25NO3. The van der Waals surface area contributed by atoms with Gasteiger partial charge in [-0.1, -0.05) is 25.1 Å². The third-order valence-electron chi connectivity index (χ3n) is 4.12. The topological polar surface area (TPSA) is 61.6 Å². The summed E-state index contributed by atoms with van der Waals surface area (Å²) in [6.07, 6.45) is 1.96. The van der Waals surface area contributed by atoms with E-state index in [4.69, 9.17) is 15.2 Å². The number of nitrogens with two attached hydrogens (primary N) is 1. The summed E-state index contributed by atoms with van der Waals surface area (Å²) in [5.41, 5.74) is 8.26.